The van der Waals surface area contributed by atoms with E-state index in [4.69, 9.17) is 5.11 Å². The van der Waals surface area contributed by atoms with Gasteiger partial charge in [-0.15, -0.1) is 0 Å². The van der Waals surface area contributed by atoms with Crippen LogP contribution in [-0.2, 0) is 9.59 Å². The fraction of sp³-hybridized carbons (Fsp3) is 0.429. The molecule has 20 heavy (non-hydrogen) atoms. The van der Waals surface area contributed by atoms with Gasteiger partial charge in [-0.05, 0) is 25.6 Å². The van der Waals surface area contributed by atoms with Crippen LogP contribution in [0.15, 0.2) is 24.3 Å². The lowest BCUT2D eigenvalue weighted by atomic mass is 10.2. The smallest absolute Gasteiger partial charge is 0.304 e. The molecule has 1 fully saturated rings. The first-order valence-electron chi connectivity index (χ1n) is 6.48. The molecule has 6 heteroatoms. The van der Waals surface area contributed by atoms with Gasteiger partial charge in [-0.2, -0.15) is 0 Å². The van der Waals surface area contributed by atoms with E-state index in [0.29, 0.717) is 19.5 Å². The summed E-state index contributed by atoms with van der Waals surface area (Å²) in [4.78, 5) is 26.0. The summed E-state index contributed by atoms with van der Waals surface area (Å²) in [5.41, 5.74) is 0.284. The second-order valence-electron chi connectivity index (χ2n) is 4.87. The maximum absolute atomic E-state index is 13.7. The quantitative estimate of drug-likeness (QED) is 0.884. The molecule has 108 valence electrons. The van der Waals surface area contributed by atoms with Crippen LogP contribution in [0.3, 0.4) is 0 Å². The summed E-state index contributed by atoms with van der Waals surface area (Å²) >= 11 is 0. The van der Waals surface area contributed by atoms with Gasteiger partial charge in [0.15, 0.2) is 0 Å². The molecule has 1 atom stereocenters. The van der Waals surface area contributed by atoms with Crippen molar-refractivity contribution in [2.75, 3.05) is 25.0 Å². The molecule has 0 saturated carbocycles. The van der Waals surface area contributed by atoms with Crippen LogP contribution < -0.4 is 4.90 Å². The van der Waals surface area contributed by atoms with Gasteiger partial charge < -0.3 is 10.0 Å². The summed E-state index contributed by atoms with van der Waals surface area (Å²) in [6.45, 7) is 0.749. The van der Waals surface area contributed by atoms with Gasteiger partial charge in [0.25, 0.3) is 0 Å². The van der Waals surface area contributed by atoms with E-state index in [1.54, 1.807) is 30.1 Å². The lowest BCUT2D eigenvalue weighted by molar-refractivity contribution is -0.137. The summed E-state index contributed by atoms with van der Waals surface area (Å²) in [6, 6.07) is 5.79. The summed E-state index contributed by atoms with van der Waals surface area (Å²) in [5.74, 6) is -1.49. The third kappa shape index (κ3) is 2.96. The fourth-order valence-electron chi connectivity index (χ4n) is 2.41. The van der Waals surface area contributed by atoms with Crippen molar-refractivity contribution in [2.45, 2.75) is 18.9 Å². The Morgan fingerprint density at radius 3 is 2.85 bits per heavy atom. The highest BCUT2D eigenvalue weighted by molar-refractivity contribution is 5.99. The summed E-state index contributed by atoms with van der Waals surface area (Å²) in [7, 11) is 1.72. The average Bonchev–Trinajstić information content (AvgIpc) is 2.78. The Hall–Kier alpha value is -1.95. The van der Waals surface area contributed by atoms with Crippen molar-refractivity contribution in [3.05, 3.63) is 30.1 Å². The van der Waals surface area contributed by atoms with Gasteiger partial charge in [0.2, 0.25) is 5.91 Å². The van der Waals surface area contributed by atoms with Gasteiger partial charge >= 0.3 is 5.97 Å². The van der Waals surface area contributed by atoms with E-state index in [1.165, 1.54) is 11.0 Å². The van der Waals surface area contributed by atoms with E-state index >= 15 is 0 Å². The average molecular weight is 280 g/mol. The van der Waals surface area contributed by atoms with Crippen LogP contribution in [0.25, 0.3) is 0 Å². The number of benzene rings is 1. The molecule has 1 aromatic rings. The van der Waals surface area contributed by atoms with Crippen molar-refractivity contribution < 1.29 is 19.1 Å². The molecule has 0 unspecified atom stereocenters. The third-order valence-electron chi connectivity index (χ3n) is 3.53. The summed E-state index contributed by atoms with van der Waals surface area (Å²) < 4.78 is 13.7. The number of carboxylic acid groups (broad SMARTS) is 1. The zero-order valence-electron chi connectivity index (χ0n) is 11.3. The van der Waals surface area contributed by atoms with Crippen molar-refractivity contribution in [1.82, 2.24) is 4.90 Å². The molecule has 1 aliphatic heterocycles. The number of halogens is 1. The number of para-hydroxylation sites is 1. The molecule has 0 spiro atoms. The Balaban J connectivity index is 2.06. The SMILES string of the molecule is CN(CCC(=O)O)[C@H]1CCN(c2ccccc2F)C1=O. The molecule has 1 saturated heterocycles. The van der Waals surface area contributed by atoms with Crippen LogP contribution in [0, 0.1) is 5.82 Å². The predicted octanol–water partition coefficient (Wildman–Crippen LogP) is 1.34. The number of hydrogen-bond acceptors (Lipinski definition) is 3. The van der Waals surface area contributed by atoms with Gasteiger partial charge in [0.05, 0.1) is 18.2 Å². The van der Waals surface area contributed by atoms with E-state index in [1.807, 2.05) is 0 Å². The van der Waals surface area contributed by atoms with Crippen LogP contribution in [-0.4, -0.2) is 48.1 Å². The van der Waals surface area contributed by atoms with Gasteiger partial charge in [0, 0.05) is 13.1 Å². The first-order valence-corrected chi connectivity index (χ1v) is 6.48. The minimum Gasteiger partial charge on any atom is -0.481 e. The molecule has 1 heterocycles. The first-order chi connectivity index (χ1) is 9.50. The zero-order chi connectivity index (χ0) is 14.7. The van der Waals surface area contributed by atoms with Crippen molar-refractivity contribution >= 4 is 17.6 Å². The zero-order valence-corrected chi connectivity index (χ0v) is 11.3. The molecular formula is C14H17FN2O3. The molecule has 2 rings (SSSR count). The van der Waals surface area contributed by atoms with Crippen molar-refractivity contribution in [2.24, 2.45) is 0 Å². The van der Waals surface area contributed by atoms with Crippen molar-refractivity contribution in [1.29, 1.82) is 0 Å². The molecule has 0 aliphatic carbocycles. The number of likely N-dealkylation sites (N-methyl/N-ethyl adjacent to an activating group) is 1. The van der Waals surface area contributed by atoms with Crippen LogP contribution in [0.5, 0.6) is 0 Å². The van der Waals surface area contributed by atoms with E-state index in [0.717, 1.165) is 0 Å². The van der Waals surface area contributed by atoms with Crippen LogP contribution in [0.1, 0.15) is 12.8 Å². The number of rotatable bonds is 5. The normalized spacial score (nSPS) is 18.9. The number of amides is 1. The standard InChI is InChI=1S/C14H17FN2O3/c1-16(8-7-13(18)19)12-6-9-17(14(12)20)11-5-3-2-4-10(11)15/h2-5,12H,6-9H2,1H3,(H,18,19)/t12-/m0/s1. The minimum absolute atomic E-state index is 0.0139. The van der Waals surface area contributed by atoms with Crippen LogP contribution in [0.2, 0.25) is 0 Å². The molecule has 1 aromatic carbocycles. The van der Waals surface area contributed by atoms with Crippen molar-refractivity contribution in [3.63, 3.8) is 0 Å². The maximum Gasteiger partial charge on any atom is 0.304 e. The molecule has 1 aliphatic rings. The molecular weight excluding hydrogens is 263 g/mol. The summed E-state index contributed by atoms with van der Waals surface area (Å²) in [5, 5.41) is 8.67. The van der Waals surface area contributed by atoms with Gasteiger partial charge in [-0.1, -0.05) is 12.1 Å². The highest BCUT2D eigenvalue weighted by Crippen LogP contribution is 2.26. The molecule has 0 bridgehead atoms. The predicted molar refractivity (Wildman–Crippen MR) is 72.0 cm³/mol. The highest BCUT2D eigenvalue weighted by atomic mass is 19.1. The topological polar surface area (TPSA) is 60.9 Å². The lowest BCUT2D eigenvalue weighted by Gasteiger charge is -2.23. The number of anilines is 1. The second kappa shape index (κ2) is 6.00. The van der Waals surface area contributed by atoms with Crippen LogP contribution in [0.4, 0.5) is 10.1 Å². The molecule has 0 aromatic heterocycles. The molecule has 0 radical (unpaired) electrons. The Bertz CT molecular complexity index is 521. The fourth-order valence-corrected chi connectivity index (χ4v) is 2.41. The first kappa shape index (κ1) is 14.5. The van der Waals surface area contributed by atoms with E-state index < -0.39 is 11.8 Å². The van der Waals surface area contributed by atoms with Crippen LogP contribution >= 0.6 is 0 Å². The second-order valence-corrected chi connectivity index (χ2v) is 4.87. The number of hydrogen-bond donors (Lipinski definition) is 1. The highest BCUT2D eigenvalue weighted by Gasteiger charge is 2.36. The summed E-state index contributed by atoms with van der Waals surface area (Å²) in [6.07, 6.45) is 0.559. The number of aliphatic carboxylic acids is 1. The Morgan fingerprint density at radius 2 is 2.20 bits per heavy atom. The van der Waals surface area contributed by atoms with Gasteiger partial charge in [0.1, 0.15) is 5.82 Å². The Morgan fingerprint density at radius 1 is 1.50 bits per heavy atom. The molecule has 1 N–H and O–H groups in total. The number of carboxylic acids is 1. The molecule has 1 amide bonds. The Labute approximate surface area is 116 Å². The minimum atomic E-state index is -0.895. The molecule has 5 nitrogen and oxygen atoms in total. The number of nitrogens with zero attached hydrogens (tertiary/aromatic N) is 2. The van der Waals surface area contributed by atoms with Crippen molar-refractivity contribution in [3.8, 4) is 0 Å². The van der Waals surface area contributed by atoms with E-state index in [9.17, 15) is 14.0 Å². The Kier molecular flexibility index (Phi) is 4.34. The monoisotopic (exact) mass is 280 g/mol. The maximum atomic E-state index is 13.7. The third-order valence-corrected chi connectivity index (χ3v) is 3.53. The van der Waals surface area contributed by atoms with Gasteiger partial charge in [-0.3, -0.25) is 14.5 Å². The van der Waals surface area contributed by atoms with E-state index in [-0.39, 0.29) is 24.1 Å². The number of carbonyl (C=O) groups excluding carboxylic acids is 1. The largest absolute Gasteiger partial charge is 0.481 e. The van der Waals surface area contributed by atoms with E-state index in [2.05, 4.69) is 0 Å². The number of carbonyl (C=O) groups is 2. The lowest BCUT2D eigenvalue weighted by Crippen LogP contribution is -2.40. The van der Waals surface area contributed by atoms with Gasteiger partial charge in [-0.25, -0.2) is 4.39 Å².